The fourth-order valence-corrected chi connectivity index (χ4v) is 2.58. The lowest BCUT2D eigenvalue weighted by Crippen LogP contribution is -2.00. The fourth-order valence-electron chi connectivity index (χ4n) is 1.93. The van der Waals surface area contributed by atoms with E-state index in [0.717, 1.165) is 11.3 Å². The van der Waals surface area contributed by atoms with Gasteiger partial charge in [0, 0.05) is 10.6 Å². The van der Waals surface area contributed by atoms with Crippen LogP contribution in [0.5, 0.6) is 11.5 Å². The van der Waals surface area contributed by atoms with Crippen LogP contribution >= 0.6 is 23.2 Å². The smallest absolute Gasteiger partial charge is 0.138 e. The van der Waals surface area contributed by atoms with Gasteiger partial charge in [-0.1, -0.05) is 41.4 Å². The molecule has 2 rings (SSSR count). The molecule has 1 N–H and O–H groups in total. The van der Waals surface area contributed by atoms with Crippen molar-refractivity contribution in [3.63, 3.8) is 0 Å². The second-order valence-corrected chi connectivity index (χ2v) is 5.38. The summed E-state index contributed by atoms with van der Waals surface area (Å²) >= 11 is 12.3. The van der Waals surface area contributed by atoms with E-state index in [1.54, 1.807) is 19.2 Å². The molecule has 0 aliphatic carbocycles. The summed E-state index contributed by atoms with van der Waals surface area (Å²) in [6.45, 7) is 3.88. The van der Waals surface area contributed by atoms with Gasteiger partial charge < -0.3 is 14.6 Å². The van der Waals surface area contributed by atoms with Crippen LogP contribution in [0, 0.1) is 0 Å². The highest BCUT2D eigenvalue weighted by Crippen LogP contribution is 2.38. The van der Waals surface area contributed by atoms with Crippen molar-refractivity contribution in [3.8, 4) is 11.5 Å². The fraction of sp³-hybridized carbons (Fsp3) is 0.176. The Morgan fingerprint density at radius 1 is 1.18 bits per heavy atom. The number of aliphatic hydroxyl groups is 1. The van der Waals surface area contributed by atoms with Gasteiger partial charge in [-0.15, -0.1) is 6.58 Å². The molecule has 0 aliphatic heterocycles. The minimum Gasteiger partial charge on any atom is -0.497 e. The summed E-state index contributed by atoms with van der Waals surface area (Å²) < 4.78 is 10.8. The molecule has 0 aliphatic rings. The molecule has 1 atom stereocenters. The number of methoxy groups -OCH3 is 1. The zero-order valence-electron chi connectivity index (χ0n) is 12.1. The van der Waals surface area contributed by atoms with Crippen molar-refractivity contribution in [2.75, 3.05) is 7.11 Å². The van der Waals surface area contributed by atoms with E-state index in [1.807, 2.05) is 24.3 Å². The number of halogens is 2. The van der Waals surface area contributed by atoms with Crippen LogP contribution in [0.1, 0.15) is 17.2 Å². The summed E-state index contributed by atoms with van der Waals surface area (Å²) in [5.74, 6) is 1.24. The van der Waals surface area contributed by atoms with Gasteiger partial charge in [0.2, 0.25) is 0 Å². The lowest BCUT2D eigenvalue weighted by molar-refractivity contribution is 0.228. The molecule has 0 bridgehead atoms. The van der Waals surface area contributed by atoms with Crippen molar-refractivity contribution in [3.05, 3.63) is 70.2 Å². The predicted octanol–water partition coefficient (Wildman–Crippen LogP) is 4.80. The van der Waals surface area contributed by atoms with Crippen molar-refractivity contribution in [1.29, 1.82) is 0 Å². The average molecular weight is 339 g/mol. The van der Waals surface area contributed by atoms with E-state index in [2.05, 4.69) is 6.58 Å². The molecule has 0 saturated heterocycles. The minimum atomic E-state index is -0.940. The first-order chi connectivity index (χ1) is 10.6. The average Bonchev–Trinajstić information content (AvgIpc) is 2.54. The van der Waals surface area contributed by atoms with Crippen LogP contribution in [-0.2, 0) is 6.61 Å². The van der Waals surface area contributed by atoms with Crippen LogP contribution in [0.3, 0.4) is 0 Å². The maximum atomic E-state index is 9.90. The molecule has 0 amide bonds. The van der Waals surface area contributed by atoms with Crippen molar-refractivity contribution < 1.29 is 14.6 Å². The number of aliphatic hydroxyl groups excluding tert-OH is 1. The van der Waals surface area contributed by atoms with E-state index in [4.69, 9.17) is 32.7 Å². The molecule has 0 aromatic heterocycles. The maximum absolute atomic E-state index is 9.90. The summed E-state index contributed by atoms with van der Waals surface area (Å²) in [5.41, 5.74) is 1.36. The largest absolute Gasteiger partial charge is 0.497 e. The van der Waals surface area contributed by atoms with Crippen LogP contribution < -0.4 is 9.47 Å². The molecular weight excluding hydrogens is 323 g/mol. The highest BCUT2D eigenvalue weighted by molar-refractivity contribution is 6.37. The third kappa shape index (κ3) is 3.74. The van der Waals surface area contributed by atoms with E-state index in [0.29, 0.717) is 22.9 Å². The zero-order valence-corrected chi connectivity index (χ0v) is 13.6. The van der Waals surface area contributed by atoms with Gasteiger partial charge in [0.25, 0.3) is 0 Å². The third-order valence-corrected chi connectivity index (χ3v) is 3.88. The second-order valence-electron chi connectivity index (χ2n) is 4.59. The van der Waals surface area contributed by atoms with Gasteiger partial charge in [0.15, 0.2) is 0 Å². The summed E-state index contributed by atoms with van der Waals surface area (Å²) in [5, 5.41) is 10.6. The molecule has 2 aromatic carbocycles. The quantitative estimate of drug-likeness (QED) is 0.769. The molecule has 0 fully saturated rings. The van der Waals surface area contributed by atoms with Crippen LogP contribution in [0.15, 0.2) is 49.1 Å². The number of ether oxygens (including phenoxy) is 2. The Bertz CT molecular complexity index is 654. The number of rotatable bonds is 6. The van der Waals surface area contributed by atoms with Gasteiger partial charge in [-0.05, 0) is 29.8 Å². The van der Waals surface area contributed by atoms with Crippen LogP contribution in [-0.4, -0.2) is 12.2 Å². The van der Waals surface area contributed by atoms with E-state index in [1.165, 1.54) is 6.08 Å². The second kappa shape index (κ2) is 7.54. The van der Waals surface area contributed by atoms with E-state index in [-0.39, 0.29) is 5.02 Å². The molecule has 2 aromatic rings. The number of hydrogen-bond acceptors (Lipinski definition) is 3. The van der Waals surface area contributed by atoms with Gasteiger partial charge in [0.05, 0.1) is 18.2 Å². The van der Waals surface area contributed by atoms with Gasteiger partial charge in [-0.25, -0.2) is 0 Å². The lowest BCUT2D eigenvalue weighted by Gasteiger charge is -2.15. The predicted molar refractivity (Wildman–Crippen MR) is 88.9 cm³/mol. The Labute approximate surface area is 139 Å². The Kier molecular flexibility index (Phi) is 5.72. The molecule has 0 heterocycles. The van der Waals surface area contributed by atoms with E-state index in [9.17, 15) is 5.11 Å². The topological polar surface area (TPSA) is 38.7 Å². The minimum absolute atomic E-state index is 0.286. The van der Waals surface area contributed by atoms with Crippen molar-refractivity contribution in [1.82, 2.24) is 0 Å². The molecular formula is C17H16Cl2O3. The molecule has 5 heteroatoms. The van der Waals surface area contributed by atoms with Crippen molar-refractivity contribution in [2.45, 2.75) is 12.7 Å². The standard InChI is InChI=1S/C17H16Cl2O3/c1-3-14(20)16-13(18)8-9-15(17(16)19)22-10-11-4-6-12(21-2)7-5-11/h3-9,14,20H,1,10H2,2H3. The summed E-state index contributed by atoms with van der Waals surface area (Å²) in [7, 11) is 1.62. The molecule has 0 saturated carbocycles. The number of hydrogen-bond donors (Lipinski definition) is 1. The Hall–Kier alpha value is -1.68. The Morgan fingerprint density at radius 3 is 2.45 bits per heavy atom. The lowest BCUT2D eigenvalue weighted by atomic mass is 10.1. The first kappa shape index (κ1) is 16.7. The first-order valence-electron chi connectivity index (χ1n) is 6.61. The Morgan fingerprint density at radius 2 is 1.86 bits per heavy atom. The third-order valence-electron chi connectivity index (χ3n) is 3.16. The van der Waals surface area contributed by atoms with Crippen molar-refractivity contribution in [2.24, 2.45) is 0 Å². The van der Waals surface area contributed by atoms with Gasteiger partial charge in [0.1, 0.15) is 18.1 Å². The summed E-state index contributed by atoms with van der Waals surface area (Å²) in [6.07, 6.45) is 0.421. The van der Waals surface area contributed by atoms with E-state index >= 15 is 0 Å². The molecule has 0 spiro atoms. The molecule has 3 nitrogen and oxygen atoms in total. The normalized spacial score (nSPS) is 11.8. The molecule has 0 radical (unpaired) electrons. The highest BCUT2D eigenvalue weighted by Gasteiger charge is 2.17. The first-order valence-corrected chi connectivity index (χ1v) is 7.36. The Balaban J connectivity index is 2.17. The molecule has 1 unspecified atom stereocenters. The zero-order chi connectivity index (χ0) is 16.1. The number of benzene rings is 2. The SMILES string of the molecule is C=CC(O)c1c(Cl)ccc(OCc2ccc(OC)cc2)c1Cl. The highest BCUT2D eigenvalue weighted by atomic mass is 35.5. The van der Waals surface area contributed by atoms with Crippen LogP contribution in [0.25, 0.3) is 0 Å². The monoisotopic (exact) mass is 338 g/mol. The summed E-state index contributed by atoms with van der Waals surface area (Å²) in [6, 6.07) is 10.8. The van der Waals surface area contributed by atoms with Crippen molar-refractivity contribution >= 4 is 23.2 Å². The molecule has 116 valence electrons. The van der Waals surface area contributed by atoms with Gasteiger partial charge >= 0.3 is 0 Å². The van der Waals surface area contributed by atoms with E-state index < -0.39 is 6.10 Å². The van der Waals surface area contributed by atoms with Crippen LogP contribution in [0.2, 0.25) is 10.0 Å². The van der Waals surface area contributed by atoms with Gasteiger partial charge in [-0.3, -0.25) is 0 Å². The maximum Gasteiger partial charge on any atom is 0.138 e. The van der Waals surface area contributed by atoms with Gasteiger partial charge in [-0.2, -0.15) is 0 Å². The summed E-state index contributed by atoms with van der Waals surface area (Å²) in [4.78, 5) is 0. The molecule has 22 heavy (non-hydrogen) atoms. The van der Waals surface area contributed by atoms with Crippen LogP contribution in [0.4, 0.5) is 0 Å².